The Morgan fingerprint density at radius 1 is 1.31 bits per heavy atom. The zero-order chi connectivity index (χ0) is 18.3. The number of ether oxygens (including phenoxy) is 1. The molecule has 1 aromatic rings. The average molecular weight is 367 g/mol. The standard InChI is InChI=1S/C18H23F2N3O3/c19-18(20)10-22(11-18)14-5-6-15(26-9-12-3-4-12)21-16(14)17(25)23-7-1-2-13(23)8-24/h5-6,12-13,24H,1-4,7-11H2/t13-/m0/s1. The summed E-state index contributed by atoms with van der Waals surface area (Å²) in [5.41, 5.74) is 0.539. The lowest BCUT2D eigenvalue weighted by Gasteiger charge is -2.41. The molecule has 4 rings (SSSR count). The molecule has 6 nitrogen and oxygen atoms in total. The highest BCUT2D eigenvalue weighted by atomic mass is 19.3. The summed E-state index contributed by atoms with van der Waals surface area (Å²) in [4.78, 5) is 20.4. The number of aliphatic hydroxyl groups is 1. The highest BCUT2D eigenvalue weighted by molar-refractivity contribution is 5.98. The van der Waals surface area contributed by atoms with Crippen LogP contribution in [-0.2, 0) is 0 Å². The van der Waals surface area contributed by atoms with Crippen molar-refractivity contribution in [2.75, 3.05) is 37.7 Å². The van der Waals surface area contributed by atoms with Crippen molar-refractivity contribution in [2.24, 2.45) is 5.92 Å². The van der Waals surface area contributed by atoms with Crippen molar-refractivity contribution in [1.29, 1.82) is 0 Å². The normalized spacial score (nSPS) is 24.5. The number of hydrogen-bond acceptors (Lipinski definition) is 5. The Balaban J connectivity index is 1.59. The Labute approximate surface area is 150 Å². The zero-order valence-electron chi connectivity index (χ0n) is 14.5. The molecular formula is C18H23F2N3O3. The summed E-state index contributed by atoms with van der Waals surface area (Å²) in [7, 11) is 0. The van der Waals surface area contributed by atoms with Gasteiger partial charge in [0.05, 0.1) is 38.0 Å². The van der Waals surface area contributed by atoms with Crippen LogP contribution in [0.2, 0.25) is 0 Å². The zero-order valence-corrected chi connectivity index (χ0v) is 14.5. The number of anilines is 1. The van der Waals surface area contributed by atoms with E-state index in [-0.39, 0.29) is 24.2 Å². The number of amides is 1. The van der Waals surface area contributed by atoms with E-state index in [4.69, 9.17) is 4.74 Å². The molecular weight excluding hydrogens is 344 g/mol. The van der Waals surface area contributed by atoms with Crippen LogP contribution in [0.5, 0.6) is 5.88 Å². The van der Waals surface area contributed by atoms with Crippen LogP contribution in [0.3, 0.4) is 0 Å². The molecule has 0 radical (unpaired) electrons. The smallest absolute Gasteiger partial charge is 0.282 e. The number of carbonyl (C=O) groups is 1. The SMILES string of the molecule is O=C(c1nc(OCC2CC2)ccc1N1CC(F)(F)C1)N1CCC[C@H]1CO. The summed E-state index contributed by atoms with van der Waals surface area (Å²) in [6, 6.07) is 3.03. The van der Waals surface area contributed by atoms with Crippen molar-refractivity contribution >= 4 is 11.6 Å². The number of halogens is 2. The summed E-state index contributed by atoms with van der Waals surface area (Å²) in [6.45, 7) is 0.154. The van der Waals surface area contributed by atoms with E-state index in [0.29, 0.717) is 30.6 Å². The van der Waals surface area contributed by atoms with Gasteiger partial charge in [-0.25, -0.2) is 13.8 Å². The largest absolute Gasteiger partial charge is 0.477 e. The molecule has 1 amide bonds. The molecule has 8 heteroatoms. The van der Waals surface area contributed by atoms with Gasteiger partial charge >= 0.3 is 0 Å². The third kappa shape index (κ3) is 3.47. The van der Waals surface area contributed by atoms with Crippen molar-refractivity contribution in [3.63, 3.8) is 0 Å². The predicted molar refractivity (Wildman–Crippen MR) is 90.8 cm³/mol. The topological polar surface area (TPSA) is 65.9 Å². The fourth-order valence-corrected chi connectivity index (χ4v) is 3.53. The first-order chi connectivity index (χ1) is 12.5. The van der Waals surface area contributed by atoms with Gasteiger partial charge in [0.25, 0.3) is 11.8 Å². The molecule has 1 N–H and O–H groups in total. The van der Waals surface area contributed by atoms with E-state index >= 15 is 0 Å². The van der Waals surface area contributed by atoms with Gasteiger partial charge in [0.1, 0.15) is 0 Å². The Hall–Kier alpha value is -1.96. The highest BCUT2D eigenvalue weighted by Gasteiger charge is 2.45. The van der Waals surface area contributed by atoms with E-state index in [1.807, 2.05) is 0 Å². The van der Waals surface area contributed by atoms with Gasteiger partial charge in [0, 0.05) is 12.6 Å². The van der Waals surface area contributed by atoms with E-state index in [0.717, 1.165) is 25.7 Å². The van der Waals surface area contributed by atoms with E-state index in [1.165, 1.54) is 4.90 Å². The second-order valence-electron chi connectivity index (χ2n) is 7.46. The quantitative estimate of drug-likeness (QED) is 0.832. The average Bonchev–Trinajstić information content (AvgIpc) is 3.31. The van der Waals surface area contributed by atoms with Gasteiger partial charge in [-0.3, -0.25) is 4.79 Å². The number of rotatable bonds is 6. The molecule has 1 aliphatic carbocycles. The fourth-order valence-electron chi connectivity index (χ4n) is 3.53. The van der Waals surface area contributed by atoms with E-state index < -0.39 is 19.0 Å². The highest BCUT2D eigenvalue weighted by Crippen LogP contribution is 2.36. The number of alkyl halides is 2. The minimum atomic E-state index is -2.73. The number of aliphatic hydroxyl groups excluding tert-OH is 1. The van der Waals surface area contributed by atoms with Gasteiger partial charge < -0.3 is 19.6 Å². The maximum absolute atomic E-state index is 13.3. The van der Waals surface area contributed by atoms with Crippen molar-refractivity contribution in [3.8, 4) is 5.88 Å². The maximum atomic E-state index is 13.3. The predicted octanol–water partition coefficient (Wildman–Crippen LogP) is 1.92. The van der Waals surface area contributed by atoms with E-state index in [2.05, 4.69) is 4.98 Å². The third-order valence-corrected chi connectivity index (χ3v) is 5.25. The molecule has 2 saturated heterocycles. The van der Waals surface area contributed by atoms with Crippen molar-refractivity contribution in [1.82, 2.24) is 9.88 Å². The van der Waals surface area contributed by atoms with Crippen molar-refractivity contribution in [3.05, 3.63) is 17.8 Å². The second-order valence-corrected chi connectivity index (χ2v) is 7.46. The van der Waals surface area contributed by atoms with Crippen molar-refractivity contribution < 1.29 is 23.4 Å². The summed E-state index contributed by atoms with van der Waals surface area (Å²) >= 11 is 0. The first-order valence-electron chi connectivity index (χ1n) is 9.15. The lowest BCUT2D eigenvalue weighted by atomic mass is 10.1. The summed E-state index contributed by atoms with van der Waals surface area (Å²) < 4.78 is 32.3. The van der Waals surface area contributed by atoms with Crippen molar-refractivity contribution in [2.45, 2.75) is 37.6 Å². The summed E-state index contributed by atoms with van der Waals surface area (Å²) in [5.74, 6) is -2.18. The molecule has 0 bridgehead atoms. The molecule has 3 aliphatic rings. The van der Waals surface area contributed by atoms with Gasteiger partial charge in [-0.05, 0) is 37.7 Å². The lowest BCUT2D eigenvalue weighted by Crippen LogP contribution is -2.57. The minimum Gasteiger partial charge on any atom is -0.477 e. The van der Waals surface area contributed by atoms with Crippen LogP contribution in [0.1, 0.15) is 36.2 Å². The molecule has 26 heavy (non-hydrogen) atoms. The number of aromatic nitrogens is 1. The Kier molecular flexibility index (Phi) is 4.46. The number of carbonyl (C=O) groups excluding carboxylic acids is 1. The number of nitrogens with zero attached hydrogens (tertiary/aromatic N) is 3. The van der Waals surface area contributed by atoms with Crippen LogP contribution < -0.4 is 9.64 Å². The van der Waals surface area contributed by atoms with Gasteiger partial charge in [0.2, 0.25) is 5.88 Å². The molecule has 0 spiro atoms. The Morgan fingerprint density at radius 2 is 2.08 bits per heavy atom. The number of pyridine rings is 1. The van der Waals surface area contributed by atoms with Gasteiger partial charge in [-0.2, -0.15) is 0 Å². The summed E-state index contributed by atoms with van der Waals surface area (Å²) in [6.07, 6.45) is 3.82. The molecule has 142 valence electrons. The van der Waals surface area contributed by atoms with Gasteiger partial charge in [-0.1, -0.05) is 0 Å². The Morgan fingerprint density at radius 3 is 2.73 bits per heavy atom. The van der Waals surface area contributed by atoms with Gasteiger partial charge in [0.15, 0.2) is 5.69 Å². The molecule has 0 unspecified atom stereocenters. The number of hydrogen-bond donors (Lipinski definition) is 1. The lowest BCUT2D eigenvalue weighted by molar-refractivity contribution is -0.0264. The molecule has 3 fully saturated rings. The van der Waals surface area contributed by atoms with Crippen LogP contribution in [-0.4, -0.2) is 65.7 Å². The van der Waals surface area contributed by atoms with Crippen LogP contribution in [0, 0.1) is 5.92 Å². The monoisotopic (exact) mass is 367 g/mol. The minimum absolute atomic E-state index is 0.110. The summed E-state index contributed by atoms with van der Waals surface area (Å²) in [5, 5.41) is 9.49. The van der Waals surface area contributed by atoms with Crippen LogP contribution in [0.4, 0.5) is 14.5 Å². The fraction of sp³-hybridized carbons (Fsp3) is 0.667. The van der Waals surface area contributed by atoms with Gasteiger partial charge in [-0.15, -0.1) is 0 Å². The van der Waals surface area contributed by atoms with E-state index in [9.17, 15) is 18.7 Å². The molecule has 1 saturated carbocycles. The van der Waals surface area contributed by atoms with Crippen LogP contribution >= 0.6 is 0 Å². The second kappa shape index (κ2) is 6.64. The first-order valence-corrected chi connectivity index (χ1v) is 9.15. The maximum Gasteiger partial charge on any atom is 0.282 e. The molecule has 2 aliphatic heterocycles. The Bertz CT molecular complexity index is 688. The third-order valence-electron chi connectivity index (χ3n) is 5.25. The first kappa shape index (κ1) is 17.5. The van der Waals surface area contributed by atoms with E-state index in [1.54, 1.807) is 17.0 Å². The number of likely N-dealkylation sites (tertiary alicyclic amines) is 1. The molecule has 1 aromatic heterocycles. The molecule has 1 atom stereocenters. The molecule has 0 aromatic carbocycles. The molecule has 3 heterocycles. The van der Waals surface area contributed by atoms with Crippen LogP contribution in [0.15, 0.2) is 12.1 Å². The van der Waals surface area contributed by atoms with Crippen LogP contribution in [0.25, 0.3) is 0 Å².